The van der Waals surface area contributed by atoms with E-state index in [2.05, 4.69) is 24.5 Å². The van der Waals surface area contributed by atoms with Gasteiger partial charge < -0.3 is 20.5 Å². The SMILES string of the molecule is CC1(C)C[C@]2(C[C@H](c3ccc(Cl)cc3)c3ccc(O)cc3O2)NC(=S)N1. The number of rotatable bonds is 1. The monoisotopic (exact) mass is 388 g/mol. The van der Waals surface area contributed by atoms with Crippen LogP contribution in [0.2, 0.25) is 5.02 Å². The van der Waals surface area contributed by atoms with Gasteiger partial charge in [0.1, 0.15) is 11.5 Å². The van der Waals surface area contributed by atoms with Crippen molar-refractivity contribution < 1.29 is 9.84 Å². The van der Waals surface area contributed by atoms with E-state index in [1.165, 1.54) is 0 Å². The Hall–Kier alpha value is -1.98. The fourth-order valence-corrected chi connectivity index (χ4v) is 4.70. The fraction of sp³-hybridized carbons (Fsp3) is 0.350. The summed E-state index contributed by atoms with van der Waals surface area (Å²) >= 11 is 11.5. The summed E-state index contributed by atoms with van der Waals surface area (Å²) in [5.74, 6) is 0.983. The van der Waals surface area contributed by atoms with E-state index in [1.807, 2.05) is 30.3 Å². The van der Waals surface area contributed by atoms with Crippen molar-refractivity contribution in [3.05, 3.63) is 58.6 Å². The zero-order valence-corrected chi connectivity index (χ0v) is 16.2. The lowest BCUT2D eigenvalue weighted by Gasteiger charge is -2.50. The summed E-state index contributed by atoms with van der Waals surface area (Å²) in [6.45, 7) is 4.22. The second-order valence-electron chi connectivity index (χ2n) is 7.77. The Kier molecular flexibility index (Phi) is 4.04. The molecular formula is C20H21ClN2O2S. The lowest BCUT2D eigenvalue weighted by molar-refractivity contribution is -0.0128. The Balaban J connectivity index is 1.81. The van der Waals surface area contributed by atoms with Crippen molar-refractivity contribution in [2.45, 2.75) is 43.9 Å². The van der Waals surface area contributed by atoms with Crippen molar-refractivity contribution in [1.82, 2.24) is 10.6 Å². The highest BCUT2D eigenvalue weighted by Gasteiger charge is 2.48. The minimum absolute atomic E-state index is 0.112. The normalized spacial score (nSPS) is 26.4. The summed E-state index contributed by atoms with van der Waals surface area (Å²) in [6.07, 6.45) is 1.47. The molecule has 0 aromatic heterocycles. The van der Waals surface area contributed by atoms with E-state index in [9.17, 15) is 5.11 Å². The minimum atomic E-state index is -0.628. The average Bonchev–Trinajstić information content (AvgIpc) is 2.52. The van der Waals surface area contributed by atoms with Gasteiger partial charge in [0.05, 0.1) is 0 Å². The third-order valence-electron chi connectivity index (χ3n) is 5.00. The molecule has 0 amide bonds. The first-order chi connectivity index (χ1) is 12.3. The van der Waals surface area contributed by atoms with Gasteiger partial charge >= 0.3 is 0 Å². The van der Waals surface area contributed by atoms with E-state index in [0.717, 1.165) is 24.0 Å². The van der Waals surface area contributed by atoms with Crippen LogP contribution in [0.25, 0.3) is 0 Å². The zero-order valence-electron chi connectivity index (χ0n) is 14.7. The molecule has 4 rings (SSSR count). The first-order valence-electron chi connectivity index (χ1n) is 8.63. The third kappa shape index (κ3) is 3.21. The van der Waals surface area contributed by atoms with Gasteiger partial charge in [-0.3, -0.25) is 0 Å². The number of phenolic OH excluding ortho intramolecular Hbond substituents is 1. The molecular weight excluding hydrogens is 368 g/mol. The molecule has 6 heteroatoms. The van der Waals surface area contributed by atoms with Crippen molar-refractivity contribution in [2.75, 3.05) is 0 Å². The molecule has 1 saturated heterocycles. The van der Waals surface area contributed by atoms with Gasteiger partial charge in [-0.15, -0.1) is 0 Å². The van der Waals surface area contributed by atoms with E-state index in [4.69, 9.17) is 28.6 Å². The van der Waals surface area contributed by atoms with Gasteiger partial charge in [-0.25, -0.2) is 0 Å². The molecule has 4 nitrogen and oxygen atoms in total. The van der Waals surface area contributed by atoms with Crippen LogP contribution < -0.4 is 15.4 Å². The topological polar surface area (TPSA) is 53.5 Å². The summed E-state index contributed by atoms with van der Waals surface area (Å²) in [4.78, 5) is 0. The number of fused-ring (bicyclic) bond motifs is 1. The Labute approximate surface area is 163 Å². The van der Waals surface area contributed by atoms with Crippen molar-refractivity contribution in [3.8, 4) is 11.5 Å². The van der Waals surface area contributed by atoms with Crippen LogP contribution in [-0.2, 0) is 0 Å². The van der Waals surface area contributed by atoms with Crippen molar-refractivity contribution >= 4 is 28.9 Å². The molecule has 0 radical (unpaired) electrons. The fourth-order valence-electron chi connectivity index (χ4n) is 4.12. The van der Waals surface area contributed by atoms with Crippen LogP contribution in [0.1, 0.15) is 43.7 Å². The van der Waals surface area contributed by atoms with Gasteiger partial charge in [0.25, 0.3) is 0 Å². The summed E-state index contributed by atoms with van der Waals surface area (Å²) < 4.78 is 6.40. The van der Waals surface area contributed by atoms with Gasteiger partial charge in [-0.05, 0) is 49.8 Å². The van der Waals surface area contributed by atoms with Crippen LogP contribution in [0, 0.1) is 0 Å². The zero-order chi connectivity index (χ0) is 18.5. The standard InChI is InChI=1S/C20H21ClN2O2S/c1-19(2)11-20(23-18(26)22-19)10-16(12-3-5-13(21)6-4-12)15-8-7-14(24)9-17(15)25-20/h3-9,16,24H,10-11H2,1-2H3,(H2,22,23,26)/t16-,20-/m1/s1. The second-order valence-corrected chi connectivity index (χ2v) is 8.61. The largest absolute Gasteiger partial charge is 0.508 e. The summed E-state index contributed by atoms with van der Waals surface area (Å²) in [5, 5.41) is 17.9. The Morgan fingerprint density at radius 2 is 1.88 bits per heavy atom. The Morgan fingerprint density at radius 3 is 2.58 bits per heavy atom. The quantitative estimate of drug-likeness (QED) is 0.636. The van der Waals surface area contributed by atoms with Gasteiger partial charge in [0, 0.05) is 41.0 Å². The highest BCUT2D eigenvalue weighted by molar-refractivity contribution is 7.80. The van der Waals surface area contributed by atoms with Crippen LogP contribution in [0.3, 0.4) is 0 Å². The van der Waals surface area contributed by atoms with E-state index >= 15 is 0 Å². The van der Waals surface area contributed by atoms with Crippen molar-refractivity contribution in [3.63, 3.8) is 0 Å². The average molecular weight is 389 g/mol. The summed E-state index contributed by atoms with van der Waals surface area (Å²) in [5.41, 5.74) is 1.39. The van der Waals surface area contributed by atoms with E-state index in [1.54, 1.807) is 12.1 Å². The molecule has 2 aliphatic rings. The molecule has 2 heterocycles. The maximum atomic E-state index is 9.97. The molecule has 0 saturated carbocycles. The lowest BCUT2D eigenvalue weighted by atomic mass is 9.77. The number of halogens is 1. The number of ether oxygens (including phenoxy) is 1. The number of benzene rings is 2. The molecule has 2 atom stereocenters. The number of hydrogen-bond acceptors (Lipinski definition) is 3. The van der Waals surface area contributed by atoms with Crippen LogP contribution in [-0.4, -0.2) is 21.5 Å². The first kappa shape index (κ1) is 17.4. The Bertz CT molecular complexity index is 869. The van der Waals surface area contributed by atoms with Crippen LogP contribution >= 0.6 is 23.8 Å². The van der Waals surface area contributed by atoms with Gasteiger partial charge in [0.15, 0.2) is 10.8 Å². The summed E-state index contributed by atoms with van der Waals surface area (Å²) in [7, 11) is 0. The number of hydrogen-bond donors (Lipinski definition) is 3. The smallest absolute Gasteiger partial charge is 0.185 e. The summed E-state index contributed by atoms with van der Waals surface area (Å²) in [6, 6.07) is 13.2. The highest BCUT2D eigenvalue weighted by atomic mass is 35.5. The first-order valence-corrected chi connectivity index (χ1v) is 9.42. The molecule has 1 fully saturated rings. The van der Waals surface area contributed by atoms with Gasteiger partial charge in [0.2, 0.25) is 0 Å². The molecule has 0 bridgehead atoms. The molecule has 2 aromatic carbocycles. The van der Waals surface area contributed by atoms with Crippen LogP contribution in [0.5, 0.6) is 11.5 Å². The van der Waals surface area contributed by atoms with E-state index in [0.29, 0.717) is 15.9 Å². The molecule has 2 aromatic rings. The molecule has 136 valence electrons. The number of aromatic hydroxyl groups is 1. The number of phenols is 1. The molecule has 1 spiro atoms. The third-order valence-corrected chi connectivity index (χ3v) is 5.46. The maximum Gasteiger partial charge on any atom is 0.185 e. The minimum Gasteiger partial charge on any atom is -0.508 e. The van der Waals surface area contributed by atoms with E-state index in [-0.39, 0.29) is 17.2 Å². The molecule has 3 N–H and O–H groups in total. The maximum absolute atomic E-state index is 9.97. The van der Waals surface area contributed by atoms with Crippen molar-refractivity contribution in [2.24, 2.45) is 0 Å². The predicted octanol–water partition coefficient (Wildman–Crippen LogP) is 4.30. The molecule has 26 heavy (non-hydrogen) atoms. The van der Waals surface area contributed by atoms with Crippen LogP contribution in [0.4, 0.5) is 0 Å². The van der Waals surface area contributed by atoms with E-state index < -0.39 is 5.72 Å². The van der Waals surface area contributed by atoms with Crippen LogP contribution in [0.15, 0.2) is 42.5 Å². The molecule has 0 aliphatic carbocycles. The second kappa shape index (κ2) is 6.03. The molecule has 0 unspecified atom stereocenters. The predicted molar refractivity (Wildman–Crippen MR) is 107 cm³/mol. The Morgan fingerprint density at radius 1 is 1.15 bits per heavy atom. The number of thiocarbonyl (C=S) groups is 1. The lowest BCUT2D eigenvalue weighted by Crippen LogP contribution is -2.69. The van der Waals surface area contributed by atoms with Gasteiger partial charge in [-0.2, -0.15) is 0 Å². The van der Waals surface area contributed by atoms with Crippen molar-refractivity contribution in [1.29, 1.82) is 0 Å². The molecule has 2 aliphatic heterocycles. The highest BCUT2D eigenvalue weighted by Crippen LogP contribution is 2.47. The number of nitrogens with one attached hydrogen (secondary N) is 2. The van der Waals surface area contributed by atoms with Gasteiger partial charge in [-0.1, -0.05) is 29.8 Å².